The van der Waals surface area contributed by atoms with Crippen LogP contribution >= 0.6 is 11.8 Å². The highest BCUT2D eigenvalue weighted by Gasteiger charge is 2.12. The number of hydrogen-bond acceptors (Lipinski definition) is 5. The molecule has 5 nitrogen and oxygen atoms in total. The molecule has 0 aliphatic heterocycles. The van der Waals surface area contributed by atoms with Crippen LogP contribution in [0.1, 0.15) is 31.4 Å². The molecule has 0 unspecified atom stereocenters. The van der Waals surface area contributed by atoms with Gasteiger partial charge in [-0.3, -0.25) is 9.78 Å². The molecule has 0 bridgehead atoms. The summed E-state index contributed by atoms with van der Waals surface area (Å²) in [6.45, 7) is 6.66. The van der Waals surface area contributed by atoms with Gasteiger partial charge in [-0.05, 0) is 73.9 Å². The maximum Gasteiger partial charge on any atom is 0.313 e. The molecule has 168 valence electrons. The minimum absolute atomic E-state index is 0.0311. The van der Waals surface area contributed by atoms with Crippen LogP contribution in [0.25, 0.3) is 11.3 Å². The van der Waals surface area contributed by atoms with E-state index in [1.807, 2.05) is 56.3 Å². The molecule has 0 aliphatic carbocycles. The first-order valence-electron chi connectivity index (χ1n) is 10.7. The molecule has 3 rings (SSSR count). The Morgan fingerprint density at radius 2 is 2.00 bits per heavy atom. The number of thioether (sulfide) groups is 1. The zero-order valence-electron chi connectivity index (χ0n) is 18.7. The molecule has 1 N–H and O–H groups in total. The number of pyridine rings is 1. The molecule has 0 saturated heterocycles. The minimum atomic E-state index is -0.820. The normalized spacial score (nSPS) is 11.7. The molecular weight excluding hydrogens is 422 g/mol. The maximum absolute atomic E-state index is 10.8. The second kappa shape index (κ2) is 11.6. The van der Waals surface area contributed by atoms with Crippen molar-refractivity contribution in [2.45, 2.75) is 44.6 Å². The van der Waals surface area contributed by atoms with Gasteiger partial charge in [0, 0.05) is 23.1 Å². The van der Waals surface area contributed by atoms with E-state index in [4.69, 9.17) is 14.6 Å². The fourth-order valence-corrected chi connectivity index (χ4v) is 3.98. The number of nitrogens with zero attached hydrogens (tertiary/aromatic N) is 1. The van der Waals surface area contributed by atoms with Crippen molar-refractivity contribution < 1.29 is 19.4 Å². The molecule has 3 aromatic rings. The van der Waals surface area contributed by atoms with Crippen LogP contribution in [0.2, 0.25) is 0 Å². The summed E-state index contributed by atoms with van der Waals surface area (Å²) in [6.07, 6.45) is 3.45. The Hall–Kier alpha value is -2.99. The van der Waals surface area contributed by atoms with Gasteiger partial charge in [-0.15, -0.1) is 11.8 Å². The van der Waals surface area contributed by atoms with E-state index in [0.29, 0.717) is 6.61 Å². The molecule has 1 aromatic heterocycles. The van der Waals surface area contributed by atoms with E-state index in [9.17, 15) is 4.79 Å². The Balaban J connectivity index is 1.58. The third-order valence-corrected chi connectivity index (χ3v) is 6.17. The third-order valence-electron chi connectivity index (χ3n) is 5.01. The van der Waals surface area contributed by atoms with E-state index >= 15 is 0 Å². The van der Waals surface area contributed by atoms with Crippen LogP contribution in [0.4, 0.5) is 0 Å². The lowest BCUT2D eigenvalue weighted by molar-refractivity contribution is -0.133. The van der Waals surface area contributed by atoms with Gasteiger partial charge in [-0.25, -0.2) is 0 Å². The molecule has 0 amide bonds. The highest BCUT2D eigenvalue weighted by Crippen LogP contribution is 2.31. The van der Waals surface area contributed by atoms with Crippen LogP contribution in [0, 0.1) is 6.92 Å². The van der Waals surface area contributed by atoms with Gasteiger partial charge in [-0.1, -0.05) is 19.1 Å². The second-order valence-electron chi connectivity index (χ2n) is 7.57. The Kier molecular flexibility index (Phi) is 8.56. The van der Waals surface area contributed by atoms with E-state index in [-0.39, 0.29) is 11.9 Å². The first-order valence-corrected chi connectivity index (χ1v) is 11.7. The summed E-state index contributed by atoms with van der Waals surface area (Å²) in [5, 5.41) is 8.84. The molecule has 0 saturated carbocycles. The maximum atomic E-state index is 10.8. The first kappa shape index (κ1) is 23.7. The number of ether oxygens (including phenoxy) is 2. The number of rotatable bonds is 11. The number of benzene rings is 2. The van der Waals surface area contributed by atoms with Crippen LogP contribution in [0.5, 0.6) is 11.5 Å². The van der Waals surface area contributed by atoms with Crippen LogP contribution in [0.15, 0.2) is 65.7 Å². The lowest BCUT2D eigenvalue weighted by atomic mass is 10.0. The predicted octanol–water partition coefficient (Wildman–Crippen LogP) is 6.03. The summed E-state index contributed by atoms with van der Waals surface area (Å²) in [4.78, 5) is 16.2. The highest BCUT2D eigenvalue weighted by atomic mass is 32.2. The molecule has 6 heteroatoms. The van der Waals surface area contributed by atoms with Crippen molar-refractivity contribution in [2.75, 3.05) is 12.4 Å². The van der Waals surface area contributed by atoms with Gasteiger partial charge in [0.15, 0.2) is 0 Å². The predicted molar refractivity (Wildman–Crippen MR) is 129 cm³/mol. The highest BCUT2D eigenvalue weighted by molar-refractivity contribution is 8.00. The lowest BCUT2D eigenvalue weighted by Gasteiger charge is -2.18. The van der Waals surface area contributed by atoms with Crippen molar-refractivity contribution in [3.8, 4) is 22.8 Å². The summed E-state index contributed by atoms with van der Waals surface area (Å²) in [5.41, 5.74) is 4.16. The summed E-state index contributed by atoms with van der Waals surface area (Å²) in [6, 6.07) is 17.9. The van der Waals surface area contributed by atoms with Crippen molar-refractivity contribution in [1.29, 1.82) is 0 Å². The number of carboxylic acids is 1. The Bertz CT molecular complexity index is 1040. The number of aromatic nitrogens is 1. The molecule has 0 aliphatic rings. The van der Waals surface area contributed by atoms with Gasteiger partial charge in [0.05, 0.1) is 24.2 Å². The van der Waals surface area contributed by atoms with E-state index < -0.39 is 5.97 Å². The van der Waals surface area contributed by atoms with Crippen molar-refractivity contribution in [3.63, 3.8) is 0 Å². The fourth-order valence-electron chi connectivity index (χ4n) is 3.25. The van der Waals surface area contributed by atoms with E-state index in [1.165, 1.54) is 17.3 Å². The van der Waals surface area contributed by atoms with E-state index in [0.717, 1.165) is 46.1 Å². The van der Waals surface area contributed by atoms with Gasteiger partial charge in [0.1, 0.15) is 11.5 Å². The average Bonchev–Trinajstić information content (AvgIpc) is 2.79. The topological polar surface area (TPSA) is 68.7 Å². The number of aryl methyl sites for hydroxylation is 2. The molecule has 1 atom stereocenters. The van der Waals surface area contributed by atoms with Gasteiger partial charge in [0.25, 0.3) is 0 Å². The van der Waals surface area contributed by atoms with Crippen molar-refractivity contribution >= 4 is 17.7 Å². The summed E-state index contributed by atoms with van der Waals surface area (Å²) >= 11 is 1.32. The number of carboxylic acid groups (broad SMARTS) is 1. The Morgan fingerprint density at radius 3 is 2.69 bits per heavy atom. The first-order chi connectivity index (χ1) is 15.5. The zero-order valence-corrected chi connectivity index (χ0v) is 19.5. The molecule has 2 aromatic carbocycles. The van der Waals surface area contributed by atoms with Crippen LogP contribution in [0.3, 0.4) is 0 Å². The van der Waals surface area contributed by atoms with Gasteiger partial charge < -0.3 is 14.6 Å². The number of carbonyl (C=O) groups is 1. The number of hydrogen-bond donors (Lipinski definition) is 1. The van der Waals surface area contributed by atoms with Crippen molar-refractivity contribution in [2.24, 2.45) is 0 Å². The minimum Gasteiger partial charge on any atom is -0.493 e. The largest absolute Gasteiger partial charge is 0.493 e. The fraction of sp³-hybridized carbons (Fsp3) is 0.308. The monoisotopic (exact) mass is 451 g/mol. The molecule has 0 radical (unpaired) electrons. The summed E-state index contributed by atoms with van der Waals surface area (Å²) < 4.78 is 12.2. The van der Waals surface area contributed by atoms with Gasteiger partial charge >= 0.3 is 5.97 Å². The Labute approximate surface area is 193 Å². The van der Waals surface area contributed by atoms with Gasteiger partial charge in [0.2, 0.25) is 0 Å². The van der Waals surface area contributed by atoms with E-state index in [1.54, 1.807) is 6.20 Å². The molecular formula is C26H29NO4S. The lowest BCUT2D eigenvalue weighted by Crippen LogP contribution is -2.16. The van der Waals surface area contributed by atoms with Crippen molar-refractivity contribution in [3.05, 3.63) is 71.9 Å². The van der Waals surface area contributed by atoms with Crippen LogP contribution in [-0.2, 0) is 11.2 Å². The SMILES string of the molecule is CCc1ccc(O[C@H](C)CCOc2ccc(SCC(=O)O)c(C)c2)c(-c2ccccn2)c1. The molecule has 32 heavy (non-hydrogen) atoms. The quantitative estimate of drug-likeness (QED) is 0.359. The molecule has 0 spiro atoms. The van der Waals surface area contributed by atoms with Gasteiger partial charge in [-0.2, -0.15) is 0 Å². The van der Waals surface area contributed by atoms with Crippen LogP contribution < -0.4 is 9.47 Å². The third kappa shape index (κ3) is 6.76. The standard InChI is InChI=1S/C26H29NO4S/c1-4-20-8-10-24(22(16-20)23-7-5-6-13-27-23)31-19(3)12-14-30-21-9-11-25(18(2)15-21)32-17-26(28)29/h5-11,13,15-16,19H,4,12,14,17H2,1-3H3,(H,28,29)/t19-/m1/s1. The average molecular weight is 452 g/mol. The zero-order chi connectivity index (χ0) is 22.9. The Morgan fingerprint density at radius 1 is 1.16 bits per heavy atom. The smallest absolute Gasteiger partial charge is 0.313 e. The summed E-state index contributed by atoms with van der Waals surface area (Å²) in [7, 11) is 0. The van der Waals surface area contributed by atoms with Crippen molar-refractivity contribution in [1.82, 2.24) is 4.98 Å². The number of aliphatic carboxylic acids is 1. The van der Waals surface area contributed by atoms with E-state index in [2.05, 4.69) is 24.0 Å². The molecule has 1 heterocycles. The molecule has 0 fully saturated rings. The van der Waals surface area contributed by atoms with Crippen LogP contribution in [-0.4, -0.2) is 34.5 Å². The summed E-state index contributed by atoms with van der Waals surface area (Å²) in [5.74, 6) is 0.828. The second-order valence-corrected chi connectivity index (χ2v) is 8.59.